The minimum atomic E-state index is -1.29. The number of aliphatic imine (C=N–C) groups is 1. The van der Waals surface area contributed by atoms with E-state index >= 15 is 0 Å². The molecule has 0 unspecified atom stereocenters. The van der Waals surface area contributed by atoms with Gasteiger partial charge in [-0.2, -0.15) is 0 Å². The van der Waals surface area contributed by atoms with Crippen molar-refractivity contribution in [2.75, 3.05) is 45.9 Å². The summed E-state index contributed by atoms with van der Waals surface area (Å²) in [5, 5.41) is 15.7. The molecule has 8 nitrogen and oxygen atoms in total. The highest BCUT2D eigenvalue weighted by Crippen LogP contribution is 2.51. The fourth-order valence-electron chi connectivity index (χ4n) is 5.64. The number of H-pyrrole nitrogens is 1. The molecule has 2 aromatic carbocycles. The number of ether oxygens (including phenoxy) is 1. The summed E-state index contributed by atoms with van der Waals surface area (Å²) in [6, 6.07) is 12.6. The number of amides is 1. The maximum absolute atomic E-state index is 14.3. The van der Waals surface area contributed by atoms with Crippen molar-refractivity contribution < 1.29 is 14.6 Å². The van der Waals surface area contributed by atoms with E-state index < -0.39 is 11.6 Å². The Morgan fingerprint density at radius 3 is 2.81 bits per heavy atom. The smallest absolute Gasteiger partial charge is 0.255 e. The second-order valence-corrected chi connectivity index (χ2v) is 10.7. The van der Waals surface area contributed by atoms with Gasteiger partial charge in [0.1, 0.15) is 5.75 Å². The SMILES string of the molecule is O=C(NCCN1CCOCC1)[C@]1(c2c[nH]c3ccccc23)N=CN(CC2CC2)[C@H]1c1ccc(Cl)cc1O. The highest BCUT2D eigenvalue weighted by atomic mass is 35.5. The summed E-state index contributed by atoms with van der Waals surface area (Å²) in [6.45, 7) is 5.17. The maximum Gasteiger partial charge on any atom is 0.255 e. The predicted molar refractivity (Wildman–Crippen MR) is 144 cm³/mol. The first-order valence-electron chi connectivity index (χ1n) is 13.0. The van der Waals surface area contributed by atoms with Gasteiger partial charge in [-0.15, -0.1) is 0 Å². The second-order valence-electron chi connectivity index (χ2n) is 10.2. The number of fused-ring (bicyclic) bond motifs is 1. The number of carbonyl (C=O) groups excluding carboxylic acids is 1. The van der Waals surface area contributed by atoms with Crippen molar-refractivity contribution in [3.63, 3.8) is 0 Å². The lowest BCUT2D eigenvalue weighted by Gasteiger charge is -2.37. The van der Waals surface area contributed by atoms with Gasteiger partial charge in [0.15, 0.2) is 5.54 Å². The Labute approximate surface area is 221 Å². The molecule has 0 bridgehead atoms. The van der Waals surface area contributed by atoms with Crippen LogP contribution >= 0.6 is 11.6 Å². The molecule has 1 saturated heterocycles. The lowest BCUT2D eigenvalue weighted by atomic mass is 9.78. The van der Waals surface area contributed by atoms with Crippen LogP contribution in [0.25, 0.3) is 10.9 Å². The molecule has 1 saturated carbocycles. The van der Waals surface area contributed by atoms with Crippen LogP contribution in [0, 0.1) is 5.92 Å². The van der Waals surface area contributed by atoms with Gasteiger partial charge in [-0.05, 0) is 37.0 Å². The van der Waals surface area contributed by atoms with Gasteiger partial charge in [0, 0.05) is 66.0 Å². The van der Waals surface area contributed by atoms with Crippen LogP contribution in [-0.2, 0) is 15.1 Å². The molecular weight excluding hydrogens is 490 g/mol. The number of aromatic hydroxyl groups is 1. The van der Waals surface area contributed by atoms with Crippen LogP contribution < -0.4 is 5.32 Å². The molecule has 1 aliphatic carbocycles. The average molecular weight is 522 g/mol. The third-order valence-corrected chi connectivity index (χ3v) is 7.99. The first-order valence-corrected chi connectivity index (χ1v) is 13.4. The van der Waals surface area contributed by atoms with Crippen LogP contribution in [0.3, 0.4) is 0 Å². The van der Waals surface area contributed by atoms with Crippen molar-refractivity contribution in [2.45, 2.75) is 24.4 Å². The molecule has 194 valence electrons. The number of nitrogens with one attached hydrogen (secondary N) is 2. The van der Waals surface area contributed by atoms with Crippen LogP contribution in [0.2, 0.25) is 5.02 Å². The highest BCUT2D eigenvalue weighted by Gasteiger charge is 2.55. The number of phenols is 1. The number of aromatic nitrogens is 1. The third kappa shape index (κ3) is 4.58. The first-order chi connectivity index (χ1) is 18.1. The van der Waals surface area contributed by atoms with Gasteiger partial charge in [0.2, 0.25) is 0 Å². The molecule has 3 heterocycles. The van der Waals surface area contributed by atoms with Gasteiger partial charge >= 0.3 is 0 Å². The molecule has 3 aromatic rings. The second kappa shape index (κ2) is 10.0. The molecule has 2 aliphatic heterocycles. The van der Waals surface area contributed by atoms with Gasteiger partial charge in [-0.3, -0.25) is 14.7 Å². The number of hydrogen-bond acceptors (Lipinski definition) is 6. The molecule has 37 heavy (non-hydrogen) atoms. The summed E-state index contributed by atoms with van der Waals surface area (Å²) in [4.78, 5) is 27.1. The van der Waals surface area contributed by atoms with E-state index in [9.17, 15) is 9.90 Å². The number of benzene rings is 2. The lowest BCUT2D eigenvalue weighted by Crippen LogP contribution is -2.50. The Hall–Kier alpha value is -3.07. The minimum absolute atomic E-state index is 0.0640. The monoisotopic (exact) mass is 521 g/mol. The van der Waals surface area contributed by atoms with Gasteiger partial charge in [0.05, 0.1) is 25.6 Å². The number of halogens is 1. The van der Waals surface area contributed by atoms with Crippen molar-refractivity contribution in [1.82, 2.24) is 20.1 Å². The number of phenolic OH excluding ortho intramolecular Hbond substituents is 1. The normalized spacial score (nSPS) is 24.1. The van der Waals surface area contributed by atoms with Gasteiger partial charge in [-0.1, -0.05) is 35.9 Å². The Morgan fingerprint density at radius 1 is 1.22 bits per heavy atom. The Morgan fingerprint density at radius 2 is 2.03 bits per heavy atom. The molecule has 3 aliphatic rings. The number of para-hydroxylation sites is 1. The molecule has 2 atom stereocenters. The zero-order valence-electron chi connectivity index (χ0n) is 20.7. The fourth-order valence-corrected chi connectivity index (χ4v) is 5.81. The van der Waals surface area contributed by atoms with E-state index in [4.69, 9.17) is 21.3 Å². The van der Waals surface area contributed by atoms with Crippen LogP contribution in [0.4, 0.5) is 0 Å². The summed E-state index contributed by atoms with van der Waals surface area (Å²) in [6.07, 6.45) is 6.02. The number of carbonyl (C=O) groups is 1. The van der Waals surface area contributed by atoms with Crippen LogP contribution in [0.1, 0.15) is 30.0 Å². The number of hydrogen-bond donors (Lipinski definition) is 3. The lowest BCUT2D eigenvalue weighted by molar-refractivity contribution is -0.128. The van der Waals surface area contributed by atoms with E-state index in [-0.39, 0.29) is 11.7 Å². The summed E-state index contributed by atoms with van der Waals surface area (Å²) in [5.74, 6) is 0.445. The van der Waals surface area contributed by atoms with Gasteiger partial charge in [-0.25, -0.2) is 0 Å². The van der Waals surface area contributed by atoms with E-state index in [0.717, 1.165) is 55.5 Å². The molecular formula is C28H32ClN5O3. The Kier molecular flexibility index (Phi) is 6.56. The van der Waals surface area contributed by atoms with E-state index in [0.29, 0.717) is 36.3 Å². The number of aromatic amines is 1. The van der Waals surface area contributed by atoms with Crippen LogP contribution in [0.5, 0.6) is 5.75 Å². The number of rotatable bonds is 8. The van der Waals surface area contributed by atoms with Crippen molar-refractivity contribution in [3.8, 4) is 5.75 Å². The molecule has 1 aromatic heterocycles. The molecule has 3 N–H and O–H groups in total. The largest absolute Gasteiger partial charge is 0.508 e. The van der Waals surface area contributed by atoms with Crippen molar-refractivity contribution in [2.24, 2.45) is 10.9 Å². The topological polar surface area (TPSA) is 93.2 Å². The summed E-state index contributed by atoms with van der Waals surface area (Å²) in [7, 11) is 0. The van der Waals surface area contributed by atoms with Crippen LogP contribution in [0.15, 0.2) is 53.7 Å². The standard InChI is InChI=1S/C28H32ClN5O3/c29-20-7-8-22(25(35)15-20)26-28(32-18-34(26)17-19-5-6-19,23-16-31-24-4-2-1-3-21(23)24)27(36)30-9-10-33-11-13-37-14-12-33/h1-4,7-8,15-16,18-19,26,31,35H,5-6,9-14,17H2,(H,30,36)/t26-,28+/m0/s1. The summed E-state index contributed by atoms with van der Waals surface area (Å²) < 4.78 is 5.46. The summed E-state index contributed by atoms with van der Waals surface area (Å²) in [5.41, 5.74) is 1.08. The fraction of sp³-hybridized carbons (Fsp3) is 0.429. The van der Waals surface area contributed by atoms with Gasteiger partial charge < -0.3 is 25.0 Å². The van der Waals surface area contributed by atoms with Gasteiger partial charge in [0.25, 0.3) is 5.91 Å². The zero-order chi connectivity index (χ0) is 25.4. The third-order valence-electron chi connectivity index (χ3n) is 7.75. The maximum atomic E-state index is 14.3. The quantitative estimate of drug-likeness (QED) is 0.420. The molecule has 6 rings (SSSR count). The van der Waals surface area contributed by atoms with E-state index in [2.05, 4.69) is 20.1 Å². The van der Waals surface area contributed by atoms with Crippen molar-refractivity contribution in [3.05, 3.63) is 64.8 Å². The molecule has 1 amide bonds. The zero-order valence-corrected chi connectivity index (χ0v) is 21.5. The van der Waals surface area contributed by atoms with Crippen molar-refractivity contribution >= 4 is 34.7 Å². The number of morpholine rings is 1. The van der Waals surface area contributed by atoms with E-state index in [1.807, 2.05) is 36.5 Å². The molecule has 0 radical (unpaired) electrons. The van der Waals surface area contributed by atoms with Crippen molar-refractivity contribution in [1.29, 1.82) is 0 Å². The Bertz CT molecular complexity index is 1320. The molecule has 9 heteroatoms. The Balaban J connectivity index is 1.42. The molecule has 0 spiro atoms. The van der Waals surface area contributed by atoms with Crippen LogP contribution in [-0.4, -0.2) is 78.1 Å². The highest BCUT2D eigenvalue weighted by molar-refractivity contribution is 6.30. The summed E-state index contributed by atoms with van der Waals surface area (Å²) >= 11 is 6.21. The number of nitrogens with zero attached hydrogens (tertiary/aromatic N) is 3. The minimum Gasteiger partial charge on any atom is -0.508 e. The van der Waals surface area contributed by atoms with E-state index in [1.54, 1.807) is 18.5 Å². The molecule has 2 fully saturated rings. The first kappa shape index (κ1) is 24.3. The predicted octanol–water partition coefficient (Wildman–Crippen LogP) is 3.67. The van der Waals surface area contributed by atoms with E-state index in [1.165, 1.54) is 0 Å². The average Bonchev–Trinajstić information content (AvgIpc) is 3.50.